The third-order valence-electron chi connectivity index (χ3n) is 7.15. The van der Waals surface area contributed by atoms with Crippen LogP contribution < -0.4 is 4.90 Å². The van der Waals surface area contributed by atoms with Gasteiger partial charge in [0.25, 0.3) is 0 Å². The summed E-state index contributed by atoms with van der Waals surface area (Å²) >= 11 is 3.99. The van der Waals surface area contributed by atoms with Gasteiger partial charge in [-0.3, -0.25) is 9.59 Å². The summed E-state index contributed by atoms with van der Waals surface area (Å²) in [5, 5.41) is 0. The summed E-state index contributed by atoms with van der Waals surface area (Å²) in [5.74, 6) is -2.52. The van der Waals surface area contributed by atoms with Crippen molar-refractivity contribution in [1.29, 1.82) is 0 Å². The smallest absolute Gasteiger partial charge is 0.340 e. The van der Waals surface area contributed by atoms with E-state index in [9.17, 15) is 14.4 Å². The zero-order chi connectivity index (χ0) is 22.9. The second-order valence-corrected chi connectivity index (χ2v) is 9.87. The van der Waals surface area contributed by atoms with Crippen molar-refractivity contribution in [3.8, 4) is 0 Å². The van der Waals surface area contributed by atoms with Gasteiger partial charge in [0.2, 0.25) is 11.8 Å². The lowest BCUT2D eigenvalue weighted by molar-refractivity contribution is -0.122. The summed E-state index contributed by atoms with van der Waals surface area (Å²) < 4.78 is 4.38. The fraction of sp³-hybridized carbons (Fsp3) is 0.222. The average molecular weight is 502 g/mol. The second-order valence-electron chi connectivity index (χ2n) is 8.62. The maximum atomic E-state index is 14.0. The predicted molar refractivity (Wildman–Crippen MR) is 126 cm³/mol. The number of para-hydroxylation sites is 1. The van der Waals surface area contributed by atoms with Crippen molar-refractivity contribution in [2.45, 2.75) is 17.2 Å². The highest BCUT2D eigenvalue weighted by molar-refractivity contribution is 9.09. The van der Waals surface area contributed by atoms with Crippen molar-refractivity contribution < 1.29 is 19.1 Å². The Kier molecular flexibility index (Phi) is 4.40. The van der Waals surface area contributed by atoms with E-state index in [0.717, 1.165) is 22.3 Å². The molecule has 2 atom stereocenters. The van der Waals surface area contributed by atoms with Gasteiger partial charge in [-0.15, -0.1) is 0 Å². The molecular weight excluding hydrogens is 482 g/mol. The number of hydrogen-bond acceptors (Lipinski definition) is 4. The minimum absolute atomic E-state index is 0.206. The zero-order valence-corrected chi connectivity index (χ0v) is 19.4. The third-order valence-corrected chi connectivity index (χ3v) is 8.50. The Bertz CT molecular complexity index is 1300. The van der Waals surface area contributed by atoms with Gasteiger partial charge in [0, 0.05) is 5.92 Å². The van der Waals surface area contributed by atoms with Gasteiger partial charge in [-0.05, 0) is 41.3 Å². The van der Waals surface area contributed by atoms with Gasteiger partial charge in [0.15, 0.2) is 0 Å². The summed E-state index contributed by atoms with van der Waals surface area (Å²) in [5.41, 5.74) is 4.68. The van der Waals surface area contributed by atoms with Crippen LogP contribution in [0.4, 0.5) is 5.69 Å². The van der Waals surface area contributed by atoms with Crippen molar-refractivity contribution in [3.05, 3.63) is 101 Å². The van der Waals surface area contributed by atoms with Gasteiger partial charge in [-0.1, -0.05) is 76.6 Å². The molecule has 3 aromatic rings. The molecule has 1 heterocycles. The van der Waals surface area contributed by atoms with Crippen LogP contribution in [-0.4, -0.2) is 24.4 Å². The van der Waals surface area contributed by atoms with Crippen molar-refractivity contribution in [3.63, 3.8) is 0 Å². The zero-order valence-electron chi connectivity index (χ0n) is 17.8. The molecule has 0 spiro atoms. The average Bonchev–Trinajstić information content (AvgIpc) is 3.11. The van der Waals surface area contributed by atoms with E-state index in [0.29, 0.717) is 0 Å². The number of carbonyl (C=O) groups is 3. The number of esters is 1. The number of carbonyl (C=O) groups excluding carboxylic acids is 3. The van der Waals surface area contributed by atoms with Crippen LogP contribution in [-0.2, 0) is 18.7 Å². The summed E-state index contributed by atoms with van der Waals surface area (Å²) in [6.45, 7) is 1.93. The summed E-state index contributed by atoms with van der Waals surface area (Å²) in [6, 6.07) is 22.7. The number of alkyl halides is 1. The van der Waals surface area contributed by atoms with Crippen LogP contribution in [0, 0.1) is 11.8 Å². The first kappa shape index (κ1) is 20.4. The van der Waals surface area contributed by atoms with Crippen molar-refractivity contribution >= 4 is 39.4 Å². The summed E-state index contributed by atoms with van der Waals surface area (Å²) in [6.07, 6.45) is 0. The van der Waals surface area contributed by atoms with Gasteiger partial charge >= 0.3 is 5.97 Å². The van der Waals surface area contributed by atoms with Crippen molar-refractivity contribution in [1.82, 2.24) is 0 Å². The van der Waals surface area contributed by atoms with Crippen LogP contribution in [0.15, 0.2) is 72.8 Å². The van der Waals surface area contributed by atoms with Crippen LogP contribution in [0.25, 0.3) is 0 Å². The van der Waals surface area contributed by atoms with E-state index in [2.05, 4.69) is 28.1 Å². The van der Waals surface area contributed by atoms with Crippen LogP contribution in [0.2, 0.25) is 0 Å². The molecule has 2 amide bonds. The molecule has 1 saturated heterocycles. The first-order valence-corrected chi connectivity index (χ1v) is 11.8. The minimum atomic E-state index is -0.819. The standard InChI is InChI=1S/C27H20BrNO4/c1-2-33-26(32)17-11-5-8-14-20(17)29-24(30)22-21-15-9-3-6-12-18(15)27(28,23(22)25(29)31)19-13-7-4-10-16(19)21/h3-14,21-23H,2H2,1H3/t21?,22-,23+,27?/m1/s1. The molecule has 7 rings (SSSR count). The fourth-order valence-corrected chi connectivity index (χ4v) is 7.17. The Hall–Kier alpha value is -3.25. The highest BCUT2D eigenvalue weighted by Crippen LogP contribution is 2.66. The number of hydrogen-bond donors (Lipinski definition) is 0. The highest BCUT2D eigenvalue weighted by atomic mass is 79.9. The van der Waals surface area contributed by atoms with Crippen molar-refractivity contribution in [2.75, 3.05) is 11.5 Å². The highest BCUT2D eigenvalue weighted by Gasteiger charge is 2.67. The number of imide groups is 1. The number of rotatable bonds is 3. The topological polar surface area (TPSA) is 63.7 Å². The van der Waals surface area contributed by atoms with E-state index in [1.165, 1.54) is 4.90 Å². The number of nitrogens with zero attached hydrogens (tertiary/aromatic N) is 1. The molecule has 0 unspecified atom stereocenters. The summed E-state index contributed by atoms with van der Waals surface area (Å²) in [7, 11) is 0. The van der Waals surface area contributed by atoms with Gasteiger partial charge in [-0.25, -0.2) is 9.69 Å². The number of anilines is 1. The quantitative estimate of drug-likeness (QED) is 0.294. The molecule has 1 fully saturated rings. The van der Waals surface area contributed by atoms with E-state index >= 15 is 0 Å². The Morgan fingerprint density at radius 2 is 1.48 bits per heavy atom. The van der Waals surface area contributed by atoms with Crippen molar-refractivity contribution in [2.24, 2.45) is 11.8 Å². The molecule has 1 aliphatic heterocycles. The fourth-order valence-electron chi connectivity index (χ4n) is 5.97. The molecule has 3 aromatic carbocycles. The number of amides is 2. The first-order valence-electron chi connectivity index (χ1n) is 11.0. The molecule has 0 saturated carbocycles. The lowest BCUT2D eigenvalue weighted by Gasteiger charge is -2.51. The molecule has 33 heavy (non-hydrogen) atoms. The first-order chi connectivity index (χ1) is 16.0. The molecule has 4 aliphatic rings. The summed E-state index contributed by atoms with van der Waals surface area (Å²) in [4.78, 5) is 41.8. The van der Waals surface area contributed by atoms with Gasteiger partial charge in [0.1, 0.15) is 0 Å². The molecule has 3 aliphatic carbocycles. The third kappa shape index (κ3) is 2.50. The van der Waals surface area contributed by atoms with E-state index in [1.54, 1.807) is 31.2 Å². The van der Waals surface area contributed by atoms with E-state index < -0.39 is 22.1 Å². The van der Waals surface area contributed by atoms with E-state index in [-0.39, 0.29) is 35.6 Å². The Labute approximate surface area is 199 Å². The largest absolute Gasteiger partial charge is 0.462 e. The lowest BCUT2D eigenvalue weighted by atomic mass is 9.55. The van der Waals surface area contributed by atoms with Gasteiger partial charge in [-0.2, -0.15) is 0 Å². The molecular formula is C27H20BrNO4. The van der Waals surface area contributed by atoms with Crippen LogP contribution in [0.1, 0.15) is 45.5 Å². The lowest BCUT2D eigenvalue weighted by Crippen LogP contribution is -2.50. The Morgan fingerprint density at radius 3 is 2.12 bits per heavy atom. The molecule has 2 bridgehead atoms. The molecule has 0 radical (unpaired) electrons. The van der Waals surface area contributed by atoms with Gasteiger partial charge in [0.05, 0.1) is 34.0 Å². The monoisotopic (exact) mass is 501 g/mol. The van der Waals surface area contributed by atoms with Gasteiger partial charge < -0.3 is 4.74 Å². The molecule has 5 nitrogen and oxygen atoms in total. The van der Waals surface area contributed by atoms with Crippen LogP contribution in [0.3, 0.4) is 0 Å². The number of halogens is 1. The predicted octanol–water partition coefficient (Wildman–Crippen LogP) is 4.77. The Morgan fingerprint density at radius 1 is 0.909 bits per heavy atom. The number of benzene rings is 3. The minimum Gasteiger partial charge on any atom is -0.462 e. The molecule has 164 valence electrons. The normalized spacial score (nSPS) is 26.6. The number of ether oxygens (including phenoxy) is 1. The van der Waals surface area contributed by atoms with Crippen LogP contribution in [0.5, 0.6) is 0 Å². The SMILES string of the molecule is CCOC(=O)c1ccccc1N1C(=O)[C@@H]2C3c4ccccc4C(Br)(c4ccccc43)[C@@H]2C1=O. The molecule has 0 N–H and O–H groups in total. The maximum Gasteiger partial charge on any atom is 0.340 e. The van der Waals surface area contributed by atoms with Crippen LogP contribution >= 0.6 is 15.9 Å². The van der Waals surface area contributed by atoms with E-state index in [4.69, 9.17) is 4.74 Å². The Balaban J connectivity index is 1.56. The molecule has 0 aromatic heterocycles. The second kappa shape index (κ2) is 7.12. The van der Waals surface area contributed by atoms with E-state index in [1.807, 2.05) is 36.4 Å². The molecule has 6 heteroatoms. The maximum absolute atomic E-state index is 14.0.